The van der Waals surface area contributed by atoms with Gasteiger partial charge in [-0.2, -0.15) is 5.26 Å². The predicted octanol–water partition coefficient (Wildman–Crippen LogP) is 3.61. The number of nitrogen functional groups attached to an aromatic ring is 2. The molecule has 3 heterocycles. The van der Waals surface area contributed by atoms with Gasteiger partial charge in [0.2, 0.25) is 0 Å². The highest BCUT2D eigenvalue weighted by Gasteiger charge is 2.21. The fourth-order valence-electron chi connectivity index (χ4n) is 3.79. The fourth-order valence-corrected chi connectivity index (χ4v) is 3.79. The first-order chi connectivity index (χ1) is 19.1. The Morgan fingerprint density at radius 1 is 1.00 bits per heavy atom. The number of anilines is 2. The summed E-state index contributed by atoms with van der Waals surface area (Å²) in [5.74, 6) is -2.64. The van der Waals surface area contributed by atoms with Crippen LogP contribution in [0.5, 0.6) is 0 Å². The topological polar surface area (TPSA) is 192 Å². The zero-order valence-corrected chi connectivity index (χ0v) is 21.4. The third kappa shape index (κ3) is 5.97. The number of nitriles is 1. The molecule has 202 valence electrons. The molecule has 40 heavy (non-hydrogen) atoms. The molecule has 0 saturated heterocycles. The van der Waals surface area contributed by atoms with E-state index in [-0.39, 0.29) is 28.9 Å². The van der Waals surface area contributed by atoms with Crippen LogP contribution in [0.3, 0.4) is 0 Å². The molecule has 0 aliphatic heterocycles. The molecule has 0 spiro atoms. The maximum Gasteiger partial charge on any atom is 0.274 e. The number of hydrogen-bond donors (Lipinski definition) is 5. The number of nitrogens with one attached hydrogen (secondary N) is 3. The van der Waals surface area contributed by atoms with Gasteiger partial charge in [-0.05, 0) is 49.2 Å². The SMILES string of the molecule is CC(NC(=O)c1nc(C#N)cnc1NC(C)c1ccc(-c2cnc(N)c(C(=N)N)c2)nc1)c1ccc(F)c(F)c1. The summed E-state index contributed by atoms with van der Waals surface area (Å²) >= 11 is 0. The Hall–Kier alpha value is -5.51. The Morgan fingerprint density at radius 3 is 2.40 bits per heavy atom. The van der Waals surface area contributed by atoms with Crippen LogP contribution in [0.15, 0.2) is 55.0 Å². The average Bonchev–Trinajstić information content (AvgIpc) is 2.94. The summed E-state index contributed by atoms with van der Waals surface area (Å²) in [7, 11) is 0. The number of benzene rings is 1. The molecule has 0 aliphatic rings. The molecule has 0 aliphatic carbocycles. The summed E-state index contributed by atoms with van der Waals surface area (Å²) in [5.41, 5.74) is 13.7. The number of hydrogen-bond acceptors (Lipinski definition) is 9. The molecule has 1 aromatic carbocycles. The minimum Gasteiger partial charge on any atom is -0.384 e. The van der Waals surface area contributed by atoms with Crippen molar-refractivity contribution in [3.05, 3.63) is 94.7 Å². The van der Waals surface area contributed by atoms with Crippen molar-refractivity contribution in [2.45, 2.75) is 25.9 Å². The molecular weight excluding hydrogens is 518 g/mol. The number of carbonyl (C=O) groups is 1. The zero-order valence-electron chi connectivity index (χ0n) is 21.4. The Kier molecular flexibility index (Phi) is 7.90. The number of nitrogens with zero attached hydrogens (tertiary/aromatic N) is 5. The van der Waals surface area contributed by atoms with Crippen molar-refractivity contribution >= 4 is 23.4 Å². The van der Waals surface area contributed by atoms with E-state index in [2.05, 4.69) is 30.6 Å². The van der Waals surface area contributed by atoms with Gasteiger partial charge in [0.05, 0.1) is 29.5 Å². The molecule has 0 saturated carbocycles. The quantitative estimate of drug-likeness (QED) is 0.163. The lowest BCUT2D eigenvalue weighted by Gasteiger charge is -2.19. The smallest absolute Gasteiger partial charge is 0.274 e. The summed E-state index contributed by atoms with van der Waals surface area (Å²) in [4.78, 5) is 30.0. The first kappa shape index (κ1) is 27.5. The van der Waals surface area contributed by atoms with Gasteiger partial charge < -0.3 is 22.1 Å². The van der Waals surface area contributed by atoms with Gasteiger partial charge in [0.15, 0.2) is 28.8 Å². The largest absolute Gasteiger partial charge is 0.384 e. The molecule has 4 rings (SSSR count). The van der Waals surface area contributed by atoms with Crippen LogP contribution in [0.2, 0.25) is 0 Å². The monoisotopic (exact) mass is 542 g/mol. The Balaban J connectivity index is 1.54. The van der Waals surface area contributed by atoms with Crippen LogP contribution in [0, 0.1) is 28.4 Å². The van der Waals surface area contributed by atoms with E-state index in [4.69, 9.17) is 16.9 Å². The molecule has 0 fully saturated rings. The minimum atomic E-state index is -1.03. The standard InChI is InChI=1S/C27H24F2N10O/c1-13(15-3-5-20(28)21(29)8-15)38-27(40)23-26(36-12-18(9-30)39-23)37-14(2)16-4-6-22(34-10-16)17-7-19(24(31)32)25(33)35-11-17/h3-8,10-14H,1-2H3,(H3,31,32)(H2,33,35)(H,36,37)(H,38,40). The Labute approximate surface area is 227 Å². The molecule has 4 aromatic rings. The van der Waals surface area contributed by atoms with E-state index < -0.39 is 29.6 Å². The number of halogens is 2. The predicted molar refractivity (Wildman–Crippen MR) is 144 cm³/mol. The number of amidine groups is 1. The molecule has 7 N–H and O–H groups in total. The molecule has 11 nitrogen and oxygen atoms in total. The van der Waals surface area contributed by atoms with Gasteiger partial charge in [0.1, 0.15) is 17.7 Å². The summed E-state index contributed by atoms with van der Waals surface area (Å²) < 4.78 is 27.0. The van der Waals surface area contributed by atoms with Crippen molar-refractivity contribution in [2.24, 2.45) is 5.73 Å². The first-order valence-corrected chi connectivity index (χ1v) is 11.9. The lowest BCUT2D eigenvalue weighted by Crippen LogP contribution is -2.29. The summed E-state index contributed by atoms with van der Waals surface area (Å²) in [6.07, 6.45) is 4.38. The van der Waals surface area contributed by atoms with Crippen LogP contribution in [0.4, 0.5) is 20.4 Å². The van der Waals surface area contributed by atoms with Gasteiger partial charge >= 0.3 is 0 Å². The van der Waals surface area contributed by atoms with E-state index in [1.54, 1.807) is 25.3 Å². The van der Waals surface area contributed by atoms with E-state index in [1.807, 2.05) is 19.1 Å². The van der Waals surface area contributed by atoms with E-state index >= 15 is 0 Å². The van der Waals surface area contributed by atoms with E-state index in [9.17, 15) is 18.8 Å². The molecular formula is C27H24F2N10O. The number of aromatic nitrogens is 4. The summed E-state index contributed by atoms with van der Waals surface area (Å²) in [6, 6.07) is 9.30. The Morgan fingerprint density at radius 2 is 1.75 bits per heavy atom. The van der Waals surface area contributed by atoms with Crippen molar-refractivity contribution in [3.8, 4) is 17.3 Å². The molecule has 3 aromatic heterocycles. The van der Waals surface area contributed by atoms with E-state index in [1.165, 1.54) is 18.5 Å². The minimum absolute atomic E-state index is 0.0723. The molecule has 0 radical (unpaired) electrons. The van der Waals surface area contributed by atoms with Gasteiger partial charge in [-0.3, -0.25) is 15.2 Å². The second-order valence-corrected chi connectivity index (χ2v) is 8.85. The third-order valence-corrected chi connectivity index (χ3v) is 6.04. The lowest BCUT2D eigenvalue weighted by atomic mass is 10.1. The maximum atomic E-state index is 13.7. The molecule has 0 bridgehead atoms. The van der Waals surface area contributed by atoms with Crippen LogP contribution >= 0.6 is 0 Å². The zero-order chi connectivity index (χ0) is 29.0. The first-order valence-electron chi connectivity index (χ1n) is 11.9. The van der Waals surface area contributed by atoms with Crippen LogP contribution < -0.4 is 22.1 Å². The molecule has 2 atom stereocenters. The van der Waals surface area contributed by atoms with Crippen molar-refractivity contribution < 1.29 is 13.6 Å². The normalized spacial score (nSPS) is 12.2. The van der Waals surface area contributed by atoms with Crippen molar-refractivity contribution in [1.82, 2.24) is 25.3 Å². The highest BCUT2D eigenvalue weighted by Crippen LogP contribution is 2.24. The second kappa shape index (κ2) is 11.5. The average molecular weight is 543 g/mol. The highest BCUT2D eigenvalue weighted by atomic mass is 19.2. The van der Waals surface area contributed by atoms with Crippen LogP contribution in [-0.4, -0.2) is 31.7 Å². The molecule has 2 unspecified atom stereocenters. The van der Waals surface area contributed by atoms with Crippen molar-refractivity contribution in [2.75, 3.05) is 11.1 Å². The molecule has 1 amide bonds. The molecule has 13 heteroatoms. The van der Waals surface area contributed by atoms with Gasteiger partial charge in [-0.1, -0.05) is 12.1 Å². The highest BCUT2D eigenvalue weighted by molar-refractivity contribution is 6.00. The number of carbonyl (C=O) groups excluding carboxylic acids is 1. The lowest BCUT2D eigenvalue weighted by molar-refractivity contribution is 0.0935. The fraction of sp³-hybridized carbons (Fsp3) is 0.148. The van der Waals surface area contributed by atoms with Gasteiger partial charge in [-0.15, -0.1) is 0 Å². The van der Waals surface area contributed by atoms with E-state index in [0.717, 1.165) is 17.7 Å². The third-order valence-electron chi connectivity index (χ3n) is 6.04. The van der Waals surface area contributed by atoms with Gasteiger partial charge in [0, 0.05) is 18.0 Å². The van der Waals surface area contributed by atoms with Gasteiger partial charge in [-0.25, -0.2) is 23.7 Å². The number of rotatable bonds is 8. The second-order valence-electron chi connectivity index (χ2n) is 8.85. The number of amides is 1. The van der Waals surface area contributed by atoms with Crippen molar-refractivity contribution in [1.29, 1.82) is 10.7 Å². The summed E-state index contributed by atoms with van der Waals surface area (Å²) in [6.45, 7) is 3.42. The van der Waals surface area contributed by atoms with Crippen LogP contribution in [0.1, 0.15) is 58.8 Å². The number of pyridine rings is 2. The van der Waals surface area contributed by atoms with Gasteiger partial charge in [0.25, 0.3) is 5.91 Å². The Bertz CT molecular complexity index is 1640. The van der Waals surface area contributed by atoms with Crippen molar-refractivity contribution in [3.63, 3.8) is 0 Å². The summed E-state index contributed by atoms with van der Waals surface area (Å²) in [5, 5.41) is 22.7. The number of nitrogens with two attached hydrogens (primary N) is 2. The van der Waals surface area contributed by atoms with Crippen LogP contribution in [-0.2, 0) is 0 Å². The van der Waals surface area contributed by atoms with E-state index in [0.29, 0.717) is 22.4 Å². The maximum absolute atomic E-state index is 13.7. The van der Waals surface area contributed by atoms with Crippen LogP contribution in [0.25, 0.3) is 11.3 Å².